The Labute approximate surface area is 137 Å². The summed E-state index contributed by atoms with van der Waals surface area (Å²) in [5.41, 5.74) is 3.28. The first-order chi connectivity index (χ1) is 9.54. The van der Waals surface area contributed by atoms with Gasteiger partial charge in [0.05, 0.1) is 5.02 Å². The van der Waals surface area contributed by atoms with Crippen LogP contribution in [0.5, 0.6) is 0 Å². The highest BCUT2D eigenvalue weighted by atomic mass is 127. The number of aryl methyl sites for hydroxylation is 1. The van der Waals surface area contributed by atoms with Crippen molar-refractivity contribution in [3.05, 3.63) is 67.5 Å². The topological polar surface area (TPSA) is 12.0 Å². The third kappa shape index (κ3) is 3.32. The van der Waals surface area contributed by atoms with Crippen molar-refractivity contribution in [1.82, 2.24) is 5.32 Å². The molecule has 0 saturated heterocycles. The quantitative estimate of drug-likeness (QED) is 0.716. The second kappa shape index (κ2) is 6.87. The third-order valence-corrected chi connectivity index (χ3v) is 5.30. The highest BCUT2D eigenvalue weighted by Gasteiger charge is 2.16. The van der Waals surface area contributed by atoms with Crippen molar-refractivity contribution in [2.45, 2.75) is 19.4 Å². The number of hydrogen-bond donors (Lipinski definition) is 1. The van der Waals surface area contributed by atoms with Crippen molar-refractivity contribution >= 4 is 34.2 Å². The van der Waals surface area contributed by atoms with Gasteiger partial charge in [0, 0.05) is 9.61 Å². The Bertz CT molecular complexity index is 615. The van der Waals surface area contributed by atoms with Crippen molar-refractivity contribution in [3.8, 4) is 0 Å². The molecular weight excluding hydrogens is 388 g/mol. The molecule has 106 valence electrons. The van der Waals surface area contributed by atoms with E-state index in [2.05, 4.69) is 47.0 Å². The number of benzene rings is 2. The van der Waals surface area contributed by atoms with E-state index in [9.17, 15) is 4.39 Å². The van der Waals surface area contributed by atoms with E-state index in [1.807, 2.05) is 19.2 Å². The Morgan fingerprint density at radius 2 is 1.95 bits per heavy atom. The van der Waals surface area contributed by atoms with Crippen LogP contribution in [0.2, 0.25) is 5.02 Å². The highest BCUT2D eigenvalue weighted by molar-refractivity contribution is 14.1. The molecule has 2 aromatic carbocycles. The summed E-state index contributed by atoms with van der Waals surface area (Å²) < 4.78 is 14.8. The van der Waals surface area contributed by atoms with E-state index in [0.717, 1.165) is 5.56 Å². The lowest BCUT2D eigenvalue weighted by Crippen LogP contribution is -2.20. The molecule has 0 saturated carbocycles. The molecule has 0 aliphatic carbocycles. The Balaban J connectivity index is 2.34. The molecule has 1 N–H and O–H groups in total. The van der Waals surface area contributed by atoms with Crippen LogP contribution >= 0.6 is 34.2 Å². The molecule has 4 heteroatoms. The van der Waals surface area contributed by atoms with Crippen LogP contribution in [-0.2, 0) is 6.42 Å². The van der Waals surface area contributed by atoms with Crippen molar-refractivity contribution in [2.75, 3.05) is 7.05 Å². The molecule has 0 aromatic heterocycles. The summed E-state index contributed by atoms with van der Waals surface area (Å²) in [5, 5.41) is 3.51. The largest absolute Gasteiger partial charge is 0.313 e. The smallest absolute Gasteiger partial charge is 0.142 e. The van der Waals surface area contributed by atoms with E-state index in [4.69, 9.17) is 11.6 Å². The molecule has 0 bridgehead atoms. The third-order valence-electron chi connectivity index (χ3n) is 3.40. The summed E-state index contributed by atoms with van der Waals surface area (Å²) in [6, 6.07) is 11.3. The van der Waals surface area contributed by atoms with Crippen molar-refractivity contribution in [3.63, 3.8) is 0 Å². The lowest BCUT2D eigenvalue weighted by atomic mass is 9.97. The van der Waals surface area contributed by atoms with E-state index >= 15 is 0 Å². The van der Waals surface area contributed by atoms with Crippen LogP contribution in [0.15, 0.2) is 36.4 Å². The zero-order valence-corrected chi connectivity index (χ0v) is 14.3. The normalized spacial score (nSPS) is 12.4. The van der Waals surface area contributed by atoms with E-state index < -0.39 is 0 Å². The molecule has 2 aromatic rings. The lowest BCUT2D eigenvalue weighted by molar-refractivity contribution is 0.582. The first-order valence-corrected chi connectivity index (χ1v) is 7.85. The Morgan fingerprint density at radius 1 is 1.25 bits per heavy atom. The van der Waals surface area contributed by atoms with Gasteiger partial charge < -0.3 is 5.32 Å². The van der Waals surface area contributed by atoms with E-state index in [0.29, 0.717) is 6.42 Å². The number of likely N-dealkylation sites (N-methyl/N-ethyl adjacent to an activating group) is 1. The maximum absolute atomic E-state index is 13.5. The average Bonchev–Trinajstić information content (AvgIpc) is 2.44. The van der Waals surface area contributed by atoms with Gasteiger partial charge in [-0.25, -0.2) is 4.39 Å². The SMILES string of the molecule is CNC(Cc1cccc(F)c1Cl)c1cccc(C)c1I. The van der Waals surface area contributed by atoms with Gasteiger partial charge in [-0.2, -0.15) is 0 Å². The maximum atomic E-state index is 13.5. The van der Waals surface area contributed by atoms with Gasteiger partial charge >= 0.3 is 0 Å². The predicted molar refractivity (Wildman–Crippen MR) is 90.8 cm³/mol. The van der Waals surface area contributed by atoms with Crippen LogP contribution in [0.25, 0.3) is 0 Å². The summed E-state index contributed by atoms with van der Waals surface area (Å²) in [4.78, 5) is 0. The van der Waals surface area contributed by atoms with Crippen molar-refractivity contribution in [2.24, 2.45) is 0 Å². The predicted octanol–water partition coefficient (Wildman–Crippen LogP) is 4.90. The van der Waals surface area contributed by atoms with Crippen LogP contribution in [0.1, 0.15) is 22.7 Å². The summed E-state index contributed by atoms with van der Waals surface area (Å²) in [7, 11) is 1.91. The van der Waals surface area contributed by atoms with Gasteiger partial charge in [-0.15, -0.1) is 0 Å². The molecule has 0 aliphatic heterocycles. The molecule has 2 rings (SSSR count). The molecule has 0 radical (unpaired) electrons. The highest BCUT2D eigenvalue weighted by Crippen LogP contribution is 2.28. The fourth-order valence-corrected chi connectivity index (χ4v) is 3.17. The first kappa shape index (κ1) is 15.7. The van der Waals surface area contributed by atoms with E-state index in [1.165, 1.54) is 20.8 Å². The fourth-order valence-electron chi connectivity index (χ4n) is 2.23. The first-order valence-electron chi connectivity index (χ1n) is 6.39. The molecule has 1 nitrogen and oxygen atoms in total. The number of hydrogen-bond acceptors (Lipinski definition) is 1. The summed E-state index contributed by atoms with van der Waals surface area (Å²) in [5.74, 6) is -0.363. The molecule has 0 aliphatic rings. The van der Waals surface area contributed by atoms with Gasteiger partial charge in [0.1, 0.15) is 5.82 Å². The Hall–Kier alpha value is -0.650. The zero-order valence-electron chi connectivity index (χ0n) is 11.4. The molecule has 20 heavy (non-hydrogen) atoms. The number of rotatable bonds is 4. The molecular formula is C16H16ClFIN. The van der Waals surface area contributed by atoms with E-state index in [1.54, 1.807) is 6.07 Å². The summed E-state index contributed by atoms with van der Waals surface area (Å²) >= 11 is 8.40. The molecule has 1 atom stereocenters. The Morgan fingerprint density at radius 3 is 2.65 bits per heavy atom. The molecule has 0 heterocycles. The molecule has 0 amide bonds. The second-order valence-corrected chi connectivity index (χ2v) is 6.19. The lowest BCUT2D eigenvalue weighted by Gasteiger charge is -2.20. The van der Waals surface area contributed by atoms with Crippen LogP contribution in [0.3, 0.4) is 0 Å². The van der Waals surface area contributed by atoms with Gasteiger partial charge in [-0.1, -0.05) is 41.9 Å². The molecule has 0 fully saturated rings. The molecule has 0 spiro atoms. The maximum Gasteiger partial charge on any atom is 0.142 e. The minimum absolute atomic E-state index is 0.112. The fraction of sp³-hybridized carbons (Fsp3) is 0.250. The minimum Gasteiger partial charge on any atom is -0.313 e. The molecule has 1 unspecified atom stereocenters. The summed E-state index contributed by atoms with van der Waals surface area (Å²) in [6.07, 6.45) is 0.659. The zero-order chi connectivity index (χ0) is 14.7. The van der Waals surface area contributed by atoms with Crippen molar-refractivity contribution in [1.29, 1.82) is 0 Å². The number of halogens is 3. The monoisotopic (exact) mass is 403 g/mol. The van der Waals surface area contributed by atoms with Crippen LogP contribution < -0.4 is 5.32 Å². The van der Waals surface area contributed by atoms with Crippen molar-refractivity contribution < 1.29 is 4.39 Å². The standard InChI is InChI=1S/C16H16ClFIN/c1-10-5-3-7-12(16(10)19)14(20-2)9-11-6-4-8-13(18)15(11)17/h3-8,14,20H,9H2,1-2H3. The minimum atomic E-state index is -0.363. The summed E-state index contributed by atoms with van der Waals surface area (Å²) in [6.45, 7) is 2.09. The van der Waals surface area contributed by atoms with Gasteiger partial charge in [-0.3, -0.25) is 0 Å². The van der Waals surface area contributed by atoms with Crippen LogP contribution in [-0.4, -0.2) is 7.05 Å². The van der Waals surface area contributed by atoms with Gasteiger partial charge in [0.2, 0.25) is 0 Å². The average molecular weight is 404 g/mol. The Kier molecular flexibility index (Phi) is 5.41. The van der Waals surface area contributed by atoms with Gasteiger partial charge in [-0.05, 0) is 65.7 Å². The number of nitrogens with one attached hydrogen (secondary N) is 1. The van der Waals surface area contributed by atoms with Gasteiger partial charge in [0.15, 0.2) is 0 Å². The van der Waals surface area contributed by atoms with E-state index in [-0.39, 0.29) is 16.9 Å². The van der Waals surface area contributed by atoms with Crippen LogP contribution in [0, 0.1) is 16.3 Å². The second-order valence-electron chi connectivity index (χ2n) is 4.74. The van der Waals surface area contributed by atoms with Crippen LogP contribution in [0.4, 0.5) is 4.39 Å². The van der Waals surface area contributed by atoms with Gasteiger partial charge in [0.25, 0.3) is 0 Å².